The van der Waals surface area contributed by atoms with E-state index in [0.29, 0.717) is 21.5 Å². The Morgan fingerprint density at radius 2 is 2.05 bits per heavy atom. The summed E-state index contributed by atoms with van der Waals surface area (Å²) in [7, 11) is 1.73. The molecule has 2 N–H and O–H groups in total. The topological polar surface area (TPSA) is 125 Å². The van der Waals surface area contributed by atoms with E-state index in [1.807, 2.05) is 24.3 Å². The summed E-state index contributed by atoms with van der Waals surface area (Å²) in [5.41, 5.74) is 5.84. The molecular formula is C27H31N8O4S-. The lowest BCUT2D eigenvalue weighted by Gasteiger charge is -2.34. The highest BCUT2D eigenvalue weighted by Crippen LogP contribution is 2.55. The number of imidazole rings is 1. The highest BCUT2D eigenvalue weighted by atomic mass is 32.1. The quantitative estimate of drug-likeness (QED) is 0.324. The van der Waals surface area contributed by atoms with Crippen LogP contribution in [0, 0.1) is 10.6 Å². The number of hydrazine groups is 1. The molecule has 0 unspecified atom stereocenters. The van der Waals surface area contributed by atoms with Gasteiger partial charge in [0.2, 0.25) is 0 Å². The molecule has 0 radical (unpaired) electrons. The van der Waals surface area contributed by atoms with Crippen LogP contribution in [0.15, 0.2) is 46.8 Å². The van der Waals surface area contributed by atoms with Crippen LogP contribution in [-0.4, -0.2) is 64.6 Å². The molecular weight excluding hydrogens is 532 g/mol. The van der Waals surface area contributed by atoms with Crippen molar-refractivity contribution in [3.05, 3.63) is 57.7 Å². The van der Waals surface area contributed by atoms with E-state index in [-0.39, 0.29) is 23.0 Å². The summed E-state index contributed by atoms with van der Waals surface area (Å²) >= 11 is 1.24. The zero-order valence-corrected chi connectivity index (χ0v) is 23.0. The Balaban J connectivity index is 1.11. The fourth-order valence-corrected chi connectivity index (χ4v) is 6.58. The predicted molar refractivity (Wildman–Crippen MR) is 154 cm³/mol. The fraction of sp³-hybridized carbons (Fsp3) is 0.444. The third kappa shape index (κ3) is 4.48. The van der Waals surface area contributed by atoms with Gasteiger partial charge in [-0.05, 0) is 37.5 Å². The highest BCUT2D eigenvalue weighted by molar-refractivity contribution is 7.12. The van der Waals surface area contributed by atoms with E-state index in [1.54, 1.807) is 29.4 Å². The number of pyridine rings is 1. The number of hydrogen-bond donors (Lipinski definition) is 2. The van der Waals surface area contributed by atoms with Crippen molar-refractivity contribution in [2.75, 3.05) is 54.9 Å². The molecule has 7 rings (SSSR count). The molecule has 3 aliphatic rings. The molecule has 1 atom stereocenters. The zero-order chi connectivity index (χ0) is 27.3. The smallest absolute Gasteiger partial charge is 0.335 e. The standard InChI is InChI=1S/C27H31N8O4S/c1-32-22-14-18(39-23-15-27(23)5-12-38-13-6-27)2-3-21(22)34(26(32)36)25-30-24(17-40-25)35(37)31-19-16-29-7-4-20(19)33-10-8-28-9-11-33/h2-4,7,14,16-17,23,28,31H,5-6,8-13,15H2,1H3/q-1/t23-/m0/s1. The third-order valence-corrected chi connectivity index (χ3v) is 9.08. The van der Waals surface area contributed by atoms with Gasteiger partial charge in [-0.25, -0.2) is 14.3 Å². The summed E-state index contributed by atoms with van der Waals surface area (Å²) in [5.74, 6) is 0.912. The van der Waals surface area contributed by atoms with Gasteiger partial charge in [0.1, 0.15) is 17.7 Å². The second-order valence-corrected chi connectivity index (χ2v) is 11.5. The summed E-state index contributed by atoms with van der Waals surface area (Å²) in [4.78, 5) is 24.2. The Hall–Kier alpha value is -3.65. The number of aromatic nitrogens is 4. The van der Waals surface area contributed by atoms with Gasteiger partial charge in [0.05, 0.1) is 28.6 Å². The van der Waals surface area contributed by atoms with Gasteiger partial charge >= 0.3 is 5.69 Å². The lowest BCUT2D eigenvalue weighted by Crippen LogP contribution is -2.44. The van der Waals surface area contributed by atoms with Gasteiger partial charge in [0.15, 0.2) is 5.13 Å². The number of ether oxygens (including phenoxy) is 2. The van der Waals surface area contributed by atoms with Crippen LogP contribution < -0.4 is 31.2 Å². The van der Waals surface area contributed by atoms with E-state index in [1.165, 1.54) is 15.9 Å². The van der Waals surface area contributed by atoms with Crippen molar-refractivity contribution in [3.8, 4) is 10.9 Å². The Morgan fingerprint density at radius 1 is 1.23 bits per heavy atom. The number of piperazine rings is 1. The number of rotatable bonds is 7. The van der Waals surface area contributed by atoms with Gasteiger partial charge in [-0.1, -0.05) is 0 Å². The number of aryl methyl sites for hydroxylation is 1. The molecule has 12 nitrogen and oxygen atoms in total. The molecule has 4 aromatic rings. The molecule has 0 bridgehead atoms. The van der Waals surface area contributed by atoms with Gasteiger partial charge in [0.25, 0.3) is 0 Å². The largest absolute Gasteiger partial charge is 0.738 e. The van der Waals surface area contributed by atoms with Crippen molar-refractivity contribution in [2.24, 2.45) is 12.5 Å². The highest BCUT2D eigenvalue weighted by Gasteiger charge is 2.56. The summed E-state index contributed by atoms with van der Waals surface area (Å²) < 4.78 is 15.0. The van der Waals surface area contributed by atoms with Crippen LogP contribution in [0.3, 0.4) is 0 Å². The molecule has 2 aliphatic heterocycles. The Kier molecular flexibility index (Phi) is 6.38. The first-order valence-electron chi connectivity index (χ1n) is 13.6. The van der Waals surface area contributed by atoms with Crippen LogP contribution in [0.5, 0.6) is 5.75 Å². The van der Waals surface area contributed by atoms with Gasteiger partial charge in [0, 0.05) is 69.5 Å². The summed E-state index contributed by atoms with van der Waals surface area (Å²) in [6.07, 6.45) is 6.66. The number of anilines is 3. The van der Waals surface area contributed by atoms with Crippen molar-refractivity contribution in [1.82, 2.24) is 24.4 Å². The van der Waals surface area contributed by atoms with E-state index >= 15 is 0 Å². The molecule has 2 saturated heterocycles. The molecule has 1 spiro atoms. The van der Waals surface area contributed by atoms with Crippen molar-refractivity contribution >= 4 is 39.6 Å². The van der Waals surface area contributed by atoms with Crippen LogP contribution in [0.25, 0.3) is 16.2 Å². The van der Waals surface area contributed by atoms with Gasteiger partial charge < -0.3 is 35.5 Å². The lowest BCUT2D eigenvalue weighted by molar-refractivity contribution is 0.0427. The predicted octanol–water partition coefficient (Wildman–Crippen LogP) is 2.87. The monoisotopic (exact) mass is 563 g/mol. The minimum atomic E-state index is -0.237. The zero-order valence-electron chi connectivity index (χ0n) is 22.2. The summed E-state index contributed by atoms with van der Waals surface area (Å²) in [5, 5.41) is 19.1. The van der Waals surface area contributed by atoms with E-state index in [9.17, 15) is 10.0 Å². The summed E-state index contributed by atoms with van der Waals surface area (Å²) in [6, 6.07) is 7.59. The van der Waals surface area contributed by atoms with E-state index in [0.717, 1.165) is 75.6 Å². The van der Waals surface area contributed by atoms with Crippen LogP contribution in [0.4, 0.5) is 17.2 Å². The number of benzene rings is 1. The first-order chi connectivity index (χ1) is 19.5. The average Bonchev–Trinajstić information content (AvgIpc) is 3.29. The molecule has 5 heterocycles. The molecule has 210 valence electrons. The maximum absolute atomic E-state index is 13.3. The lowest BCUT2D eigenvalue weighted by atomic mass is 9.97. The first-order valence-corrected chi connectivity index (χ1v) is 14.5. The number of nitrogens with one attached hydrogen (secondary N) is 2. The normalized spacial score (nSPS) is 20.1. The van der Waals surface area contributed by atoms with Gasteiger partial charge in [-0.2, -0.15) is 0 Å². The molecule has 1 saturated carbocycles. The van der Waals surface area contributed by atoms with Crippen LogP contribution in [-0.2, 0) is 11.8 Å². The van der Waals surface area contributed by atoms with Crippen molar-refractivity contribution in [1.29, 1.82) is 0 Å². The van der Waals surface area contributed by atoms with Gasteiger partial charge in [-0.15, -0.1) is 11.3 Å². The maximum Gasteiger partial charge on any atom is 0.335 e. The first kappa shape index (κ1) is 25.3. The summed E-state index contributed by atoms with van der Waals surface area (Å²) in [6.45, 7) is 5.02. The van der Waals surface area contributed by atoms with Gasteiger partial charge in [-0.3, -0.25) is 9.55 Å². The second kappa shape index (κ2) is 10.1. The Bertz CT molecular complexity index is 1590. The molecule has 1 aromatic carbocycles. The number of nitrogens with zero attached hydrogens (tertiary/aromatic N) is 6. The maximum atomic E-state index is 13.3. The van der Waals surface area contributed by atoms with Crippen molar-refractivity contribution < 1.29 is 9.47 Å². The molecule has 1 aliphatic carbocycles. The number of hydrogen-bond acceptors (Lipinski definition) is 11. The average molecular weight is 564 g/mol. The molecule has 3 fully saturated rings. The molecule has 13 heteroatoms. The van der Waals surface area contributed by atoms with Crippen LogP contribution in [0.2, 0.25) is 0 Å². The Morgan fingerprint density at radius 3 is 2.88 bits per heavy atom. The minimum absolute atomic E-state index is 0.162. The van der Waals surface area contributed by atoms with Crippen LogP contribution in [0.1, 0.15) is 19.3 Å². The minimum Gasteiger partial charge on any atom is -0.738 e. The second-order valence-electron chi connectivity index (χ2n) is 10.6. The Labute approximate surface area is 234 Å². The van der Waals surface area contributed by atoms with E-state index < -0.39 is 0 Å². The third-order valence-electron chi connectivity index (χ3n) is 8.27. The SMILES string of the molecule is Cn1c(=O)n(-c2nc(N([O-])Nc3cnccc3N3CCNCC3)cs2)c2ccc(O[C@H]3CC34CCOCC4)cc21. The molecule has 3 aromatic heterocycles. The van der Waals surface area contributed by atoms with E-state index in [4.69, 9.17) is 9.47 Å². The molecule has 40 heavy (non-hydrogen) atoms. The number of thiazole rings is 1. The molecule has 0 amide bonds. The van der Waals surface area contributed by atoms with Crippen LogP contribution >= 0.6 is 11.3 Å². The van der Waals surface area contributed by atoms with Crippen molar-refractivity contribution in [2.45, 2.75) is 25.4 Å². The number of fused-ring (bicyclic) bond motifs is 1. The van der Waals surface area contributed by atoms with Crippen molar-refractivity contribution in [3.63, 3.8) is 0 Å². The van der Waals surface area contributed by atoms with E-state index in [2.05, 4.69) is 25.6 Å². The fourth-order valence-electron chi connectivity index (χ4n) is 5.79.